The van der Waals surface area contributed by atoms with Crippen molar-refractivity contribution in [2.45, 2.75) is 65.1 Å². The van der Waals surface area contributed by atoms with Crippen molar-refractivity contribution in [3.05, 3.63) is 47.8 Å². The Balaban J connectivity index is 1.74. The largest absolute Gasteiger partial charge is 0.352 e. The number of aldehydes is 1. The quantitative estimate of drug-likeness (QED) is 0.600. The normalized spacial score (nSPS) is 21.7. The van der Waals surface area contributed by atoms with E-state index in [4.69, 9.17) is 10.7 Å². The third-order valence-electron chi connectivity index (χ3n) is 6.36. The SMILES string of the molecule is CCC1CC(C)(N)CN1c1ccc(-c2cc(C=O)c3c(C)cn(C(C)C)c3c2)cn1. The number of anilines is 1. The third kappa shape index (κ3) is 3.52. The Morgan fingerprint density at radius 3 is 2.67 bits per heavy atom. The number of carbonyl (C=O) groups is 1. The maximum absolute atomic E-state index is 11.9. The molecule has 3 heterocycles. The topological polar surface area (TPSA) is 64.2 Å². The minimum Gasteiger partial charge on any atom is -0.352 e. The van der Waals surface area contributed by atoms with Gasteiger partial charge >= 0.3 is 0 Å². The fourth-order valence-electron chi connectivity index (χ4n) is 4.90. The maximum atomic E-state index is 11.9. The van der Waals surface area contributed by atoms with Crippen LogP contribution < -0.4 is 10.6 Å². The zero-order valence-corrected chi connectivity index (χ0v) is 18.6. The van der Waals surface area contributed by atoms with Crippen LogP contribution in [0, 0.1) is 6.92 Å². The molecule has 0 saturated carbocycles. The van der Waals surface area contributed by atoms with E-state index in [9.17, 15) is 4.79 Å². The van der Waals surface area contributed by atoms with E-state index in [0.29, 0.717) is 12.1 Å². The van der Waals surface area contributed by atoms with Crippen molar-refractivity contribution in [3.8, 4) is 11.1 Å². The first-order chi connectivity index (χ1) is 14.2. The molecule has 30 heavy (non-hydrogen) atoms. The predicted molar refractivity (Wildman–Crippen MR) is 124 cm³/mol. The molecule has 5 nitrogen and oxygen atoms in total. The van der Waals surface area contributed by atoms with Crippen molar-refractivity contribution in [2.24, 2.45) is 5.73 Å². The molecule has 2 unspecified atom stereocenters. The molecule has 0 amide bonds. The second-order valence-corrected chi connectivity index (χ2v) is 9.34. The molecule has 3 aromatic rings. The molecular formula is C25H32N4O. The molecular weight excluding hydrogens is 372 g/mol. The molecule has 0 radical (unpaired) electrons. The molecule has 1 aliphatic rings. The van der Waals surface area contributed by atoms with Gasteiger partial charge in [-0.2, -0.15) is 0 Å². The van der Waals surface area contributed by atoms with Gasteiger partial charge in [-0.05, 0) is 75.9 Å². The Hall–Kier alpha value is -2.66. The van der Waals surface area contributed by atoms with Gasteiger partial charge in [0.25, 0.3) is 0 Å². The van der Waals surface area contributed by atoms with Crippen LogP contribution in [0.4, 0.5) is 5.82 Å². The third-order valence-corrected chi connectivity index (χ3v) is 6.36. The number of nitrogens with two attached hydrogens (primary N) is 1. The summed E-state index contributed by atoms with van der Waals surface area (Å²) in [5, 5.41) is 1.04. The van der Waals surface area contributed by atoms with Crippen LogP contribution in [0.1, 0.15) is 62.5 Å². The second-order valence-electron chi connectivity index (χ2n) is 9.34. The summed E-state index contributed by atoms with van der Waals surface area (Å²) in [6, 6.07) is 9.08. The van der Waals surface area contributed by atoms with Gasteiger partial charge in [0.1, 0.15) is 5.82 Å². The van der Waals surface area contributed by atoms with Gasteiger partial charge < -0.3 is 15.2 Å². The van der Waals surface area contributed by atoms with Gasteiger partial charge in [-0.25, -0.2) is 4.98 Å². The van der Waals surface area contributed by atoms with Gasteiger partial charge in [-0.1, -0.05) is 6.92 Å². The Bertz CT molecular complexity index is 1080. The summed E-state index contributed by atoms with van der Waals surface area (Å²) in [4.78, 5) is 19.0. The predicted octanol–water partition coefficient (Wildman–Crippen LogP) is 5.11. The fraction of sp³-hybridized carbons (Fsp3) is 0.440. The van der Waals surface area contributed by atoms with Crippen LogP contribution in [-0.2, 0) is 0 Å². The molecule has 2 N–H and O–H groups in total. The van der Waals surface area contributed by atoms with Crippen LogP contribution in [0.2, 0.25) is 0 Å². The first-order valence-electron chi connectivity index (χ1n) is 10.9. The number of aromatic nitrogens is 2. The van der Waals surface area contributed by atoms with Gasteiger partial charge in [-0.15, -0.1) is 0 Å². The molecule has 0 aliphatic carbocycles. The standard InChI is InChI=1S/C25H32N4O/c1-6-21-11-25(5,26)15-29(21)23-8-7-18(12-27-23)19-9-20(14-30)24-17(4)13-28(16(2)3)22(24)10-19/h7-10,12-14,16,21H,6,11,15,26H2,1-5H3. The van der Waals surface area contributed by atoms with E-state index in [1.165, 1.54) is 0 Å². The van der Waals surface area contributed by atoms with Gasteiger partial charge in [-0.3, -0.25) is 4.79 Å². The molecule has 0 spiro atoms. The van der Waals surface area contributed by atoms with E-state index in [1.54, 1.807) is 0 Å². The molecule has 2 atom stereocenters. The summed E-state index contributed by atoms with van der Waals surface area (Å²) in [6.07, 6.45) is 7.05. The number of aryl methyl sites for hydroxylation is 1. The first kappa shape index (κ1) is 20.6. The van der Waals surface area contributed by atoms with Gasteiger partial charge in [0.2, 0.25) is 0 Å². The van der Waals surface area contributed by atoms with Crippen molar-refractivity contribution < 1.29 is 4.79 Å². The van der Waals surface area contributed by atoms with Crippen molar-refractivity contribution in [3.63, 3.8) is 0 Å². The lowest BCUT2D eigenvalue weighted by molar-refractivity contribution is 0.112. The minimum atomic E-state index is -0.176. The Kier molecular flexibility index (Phi) is 5.18. The molecule has 1 aliphatic heterocycles. The first-order valence-corrected chi connectivity index (χ1v) is 10.9. The van der Waals surface area contributed by atoms with Crippen LogP contribution in [-0.4, -0.2) is 34.0 Å². The van der Waals surface area contributed by atoms with E-state index >= 15 is 0 Å². The van der Waals surface area contributed by atoms with Crippen LogP contribution in [0.25, 0.3) is 22.0 Å². The number of nitrogens with zero attached hydrogens (tertiary/aromatic N) is 3. The number of rotatable bonds is 5. The average Bonchev–Trinajstić information content (AvgIpc) is 3.23. The molecule has 1 fully saturated rings. The summed E-state index contributed by atoms with van der Waals surface area (Å²) in [6.45, 7) is 11.5. The Morgan fingerprint density at radius 1 is 1.30 bits per heavy atom. The van der Waals surface area contributed by atoms with Gasteiger partial charge in [0, 0.05) is 58.6 Å². The Labute approximate surface area is 178 Å². The lowest BCUT2D eigenvalue weighted by atomic mass is 9.99. The number of hydrogen-bond acceptors (Lipinski definition) is 4. The number of carbonyl (C=O) groups excluding carboxylic acids is 1. The lowest BCUT2D eigenvalue weighted by Gasteiger charge is -2.25. The van der Waals surface area contributed by atoms with Crippen LogP contribution >= 0.6 is 0 Å². The van der Waals surface area contributed by atoms with Gasteiger partial charge in [0.15, 0.2) is 6.29 Å². The smallest absolute Gasteiger partial charge is 0.150 e. The van der Waals surface area contributed by atoms with E-state index in [0.717, 1.165) is 64.6 Å². The molecule has 1 aromatic carbocycles. The summed E-state index contributed by atoms with van der Waals surface area (Å²) < 4.78 is 2.24. The van der Waals surface area contributed by atoms with Crippen LogP contribution in [0.5, 0.6) is 0 Å². The highest BCUT2D eigenvalue weighted by Crippen LogP contribution is 2.34. The number of fused-ring (bicyclic) bond motifs is 1. The van der Waals surface area contributed by atoms with Crippen molar-refractivity contribution in [2.75, 3.05) is 11.4 Å². The van der Waals surface area contributed by atoms with Crippen molar-refractivity contribution in [1.82, 2.24) is 9.55 Å². The summed E-state index contributed by atoms with van der Waals surface area (Å²) >= 11 is 0. The average molecular weight is 405 g/mol. The van der Waals surface area contributed by atoms with Crippen LogP contribution in [0.3, 0.4) is 0 Å². The zero-order valence-electron chi connectivity index (χ0n) is 18.6. The van der Waals surface area contributed by atoms with E-state index in [1.807, 2.05) is 12.3 Å². The lowest BCUT2D eigenvalue weighted by Crippen LogP contribution is -2.39. The summed E-state index contributed by atoms with van der Waals surface area (Å²) in [7, 11) is 0. The molecule has 1 saturated heterocycles. The van der Waals surface area contributed by atoms with Crippen LogP contribution in [0.15, 0.2) is 36.7 Å². The minimum absolute atomic E-state index is 0.176. The van der Waals surface area contributed by atoms with Crippen molar-refractivity contribution in [1.29, 1.82) is 0 Å². The number of hydrogen-bond donors (Lipinski definition) is 1. The fourth-order valence-corrected chi connectivity index (χ4v) is 4.90. The number of benzene rings is 1. The molecule has 0 bridgehead atoms. The van der Waals surface area contributed by atoms with Gasteiger partial charge in [0.05, 0.1) is 0 Å². The number of pyridine rings is 1. The summed E-state index contributed by atoms with van der Waals surface area (Å²) in [5.74, 6) is 0.970. The maximum Gasteiger partial charge on any atom is 0.150 e. The van der Waals surface area contributed by atoms with E-state index < -0.39 is 0 Å². The van der Waals surface area contributed by atoms with E-state index in [-0.39, 0.29) is 5.54 Å². The highest BCUT2D eigenvalue weighted by molar-refractivity contribution is 6.02. The highest BCUT2D eigenvalue weighted by Gasteiger charge is 2.37. The molecule has 158 valence electrons. The molecule has 2 aromatic heterocycles. The highest BCUT2D eigenvalue weighted by atomic mass is 16.1. The second kappa shape index (κ2) is 7.55. The zero-order chi connectivity index (χ0) is 21.6. The van der Waals surface area contributed by atoms with E-state index in [2.05, 4.69) is 68.5 Å². The monoisotopic (exact) mass is 404 g/mol. The summed E-state index contributed by atoms with van der Waals surface area (Å²) in [5.41, 5.74) is 11.2. The van der Waals surface area contributed by atoms with Crippen molar-refractivity contribution >= 4 is 23.0 Å². The molecule has 4 rings (SSSR count). The molecule has 5 heteroatoms. The Morgan fingerprint density at radius 2 is 2.07 bits per heavy atom.